The molecule has 9 N–H and O–H groups in total. The third-order valence-corrected chi connectivity index (χ3v) is 15.7. The van der Waals surface area contributed by atoms with Crippen LogP contribution in [0.2, 0.25) is 0 Å². The zero-order valence-corrected chi connectivity index (χ0v) is 48.8. The van der Waals surface area contributed by atoms with Gasteiger partial charge in [0.15, 0.2) is 0 Å². The maximum atomic E-state index is 14.6. The maximum Gasteiger partial charge on any atom is 0.326 e. The van der Waals surface area contributed by atoms with Gasteiger partial charge in [0.05, 0.1) is 6.54 Å². The monoisotopic (exact) mass is 1140 g/mol. The molecule has 0 spiro atoms. The lowest BCUT2D eigenvalue weighted by atomic mass is 9.95. The molecule has 3 rings (SSSR count). The van der Waals surface area contributed by atoms with Gasteiger partial charge in [-0.25, -0.2) is 4.79 Å². The van der Waals surface area contributed by atoms with E-state index in [9.17, 15) is 67.7 Å². The normalized spacial score (nSPS) is 18.4. The van der Waals surface area contributed by atoms with Crippen LogP contribution in [0.15, 0.2) is 30.3 Å². The first-order chi connectivity index (χ1) is 38.0. The fourth-order valence-corrected chi connectivity index (χ4v) is 10.2. The molecule has 452 valence electrons. The third-order valence-electron chi connectivity index (χ3n) is 15.7. The highest BCUT2D eigenvalue weighted by Gasteiger charge is 2.44. The molecule has 25 nitrogen and oxygen atoms in total. The van der Waals surface area contributed by atoms with Crippen molar-refractivity contribution in [1.82, 2.24) is 45.8 Å². The Kier molecular flexibility index (Phi) is 26.7. The van der Waals surface area contributed by atoms with E-state index in [4.69, 9.17) is 10.8 Å². The smallest absolute Gasteiger partial charge is 0.326 e. The van der Waals surface area contributed by atoms with Crippen molar-refractivity contribution in [3.8, 4) is 0 Å². The number of aliphatic hydroxyl groups excluding tert-OH is 1. The summed E-state index contributed by atoms with van der Waals surface area (Å²) in [6.45, 7) is 13.3. The van der Waals surface area contributed by atoms with Gasteiger partial charge >= 0.3 is 11.9 Å². The van der Waals surface area contributed by atoms with Gasteiger partial charge in [0.25, 0.3) is 0 Å². The first kappa shape index (κ1) is 68.1. The summed E-state index contributed by atoms with van der Waals surface area (Å²) in [5.41, 5.74) is 6.27. The number of aliphatic carboxylic acids is 2. The molecule has 0 radical (unpaired) electrons. The molecular weight excluding hydrogens is 1050 g/mol. The number of likely N-dealkylation sites (tertiary alicyclic amines) is 2. The first-order valence-corrected chi connectivity index (χ1v) is 28.0. The molecule has 81 heavy (non-hydrogen) atoms. The summed E-state index contributed by atoms with van der Waals surface area (Å²) in [6, 6.07) is -1.00. The first-order valence-electron chi connectivity index (χ1n) is 28.0. The summed E-state index contributed by atoms with van der Waals surface area (Å²) in [6.07, 6.45) is -0.743. The molecule has 25 heteroatoms. The molecule has 2 fully saturated rings. The Morgan fingerprint density at radius 1 is 0.642 bits per heavy atom. The number of carbonyl (C=O) groups is 12. The van der Waals surface area contributed by atoms with Crippen LogP contribution < -0.4 is 27.0 Å². The summed E-state index contributed by atoms with van der Waals surface area (Å²) in [4.78, 5) is 168. The molecule has 1 aromatic carbocycles. The van der Waals surface area contributed by atoms with Crippen LogP contribution in [0.1, 0.15) is 125 Å². The minimum Gasteiger partial charge on any atom is -0.481 e. The van der Waals surface area contributed by atoms with Crippen LogP contribution in [0.25, 0.3) is 0 Å². The van der Waals surface area contributed by atoms with Crippen molar-refractivity contribution in [1.29, 1.82) is 0 Å². The molecule has 0 saturated carbocycles. The van der Waals surface area contributed by atoms with Gasteiger partial charge in [-0.1, -0.05) is 98.6 Å². The van der Waals surface area contributed by atoms with Crippen molar-refractivity contribution >= 4 is 71.0 Å². The number of nitrogens with two attached hydrogens (primary N) is 1. The number of carboxylic acids is 2. The SMILES string of the molecule is CCC(C)C(O)C(=O)N[C@@H](Cc1ccccc1)C(=O)N1CCC[C@H]1C(=O)NCC(=O)N(C)[C@H](C(=O)N(C)[C@@H](CCC(N)=O)C(=O)N[C@H](C(=O)N1CCC[C@H]1C(=O)N[C@H](C(=O)N(C)[C@@H](CCC(=O)O)C(=O)O)C(C)C)[C@@H](C)CC)C(C)C. The highest BCUT2D eigenvalue weighted by molar-refractivity contribution is 5.98. The molecule has 0 bridgehead atoms. The minimum atomic E-state index is -1.50. The van der Waals surface area contributed by atoms with E-state index < -0.39 is 156 Å². The lowest BCUT2D eigenvalue weighted by Gasteiger charge is -2.37. The van der Waals surface area contributed by atoms with Gasteiger partial charge in [0.1, 0.15) is 54.4 Å². The van der Waals surface area contributed by atoms with E-state index >= 15 is 0 Å². The fourth-order valence-electron chi connectivity index (χ4n) is 10.2. The summed E-state index contributed by atoms with van der Waals surface area (Å²) < 4.78 is 0. The van der Waals surface area contributed by atoms with Crippen LogP contribution in [0, 0.1) is 23.7 Å². The van der Waals surface area contributed by atoms with Crippen molar-refractivity contribution in [2.45, 2.75) is 180 Å². The number of rotatable bonds is 31. The number of hydrogen-bond acceptors (Lipinski definition) is 13. The van der Waals surface area contributed by atoms with Crippen LogP contribution in [-0.4, -0.2) is 206 Å². The summed E-state index contributed by atoms with van der Waals surface area (Å²) in [5, 5.41) is 40.4. The third kappa shape index (κ3) is 18.7. The number of nitrogens with one attached hydrogen (secondary N) is 4. The van der Waals surface area contributed by atoms with Gasteiger partial charge in [-0.15, -0.1) is 0 Å². The second-order valence-corrected chi connectivity index (χ2v) is 22.2. The Balaban J connectivity index is 1.81. The number of primary amides is 1. The molecule has 2 saturated heterocycles. The van der Waals surface area contributed by atoms with Crippen LogP contribution in [0.5, 0.6) is 0 Å². The highest BCUT2D eigenvalue weighted by Crippen LogP contribution is 2.25. The summed E-state index contributed by atoms with van der Waals surface area (Å²) in [7, 11) is 3.87. The summed E-state index contributed by atoms with van der Waals surface area (Å²) in [5.74, 6) is -11.9. The van der Waals surface area contributed by atoms with E-state index in [1.54, 1.807) is 78.8 Å². The molecule has 0 aliphatic carbocycles. The van der Waals surface area contributed by atoms with E-state index in [1.165, 1.54) is 30.9 Å². The second-order valence-electron chi connectivity index (χ2n) is 22.2. The zero-order valence-electron chi connectivity index (χ0n) is 48.8. The Labute approximate surface area is 474 Å². The van der Waals surface area contributed by atoms with Gasteiger partial charge in [-0.05, 0) is 67.8 Å². The number of amides is 10. The largest absolute Gasteiger partial charge is 0.481 e. The Morgan fingerprint density at radius 3 is 1.70 bits per heavy atom. The van der Waals surface area contributed by atoms with Gasteiger partial charge in [0.2, 0.25) is 59.1 Å². The standard InChI is InChI=1S/C56H88N10O15/c1-12-33(7)45(54(78)66-28-18-22-39(66)50(74)60-44(31(3)4)53(77)63(10)40(56(80)81)24-26-43(69)70)61-49(73)37(23-25-41(57)67)62(9)55(79)46(32(5)6)64(11)42(68)30-58-48(72)38-21-17-27-65(38)52(76)36(29-35-19-15-14-16-20-35)59-51(75)47(71)34(8)13-2/h14-16,19-20,31-34,36-40,44-47,71H,12-13,17-18,21-30H2,1-11H3,(H2,57,67)(H,58,72)(H,59,75)(H,60,74)(H,61,73)(H,69,70)(H,80,81)/t33-,34?,36-,37-,38-,39-,40-,44-,45-,46-,47?/m0/s1. The molecule has 2 unspecified atom stereocenters. The van der Waals surface area contributed by atoms with Gasteiger partial charge in [-0.2, -0.15) is 0 Å². The molecule has 0 aromatic heterocycles. The molecule has 2 aliphatic heterocycles. The number of benzene rings is 1. The van der Waals surface area contributed by atoms with Crippen molar-refractivity contribution in [3.63, 3.8) is 0 Å². The van der Waals surface area contributed by atoms with Crippen LogP contribution in [0.4, 0.5) is 0 Å². The van der Waals surface area contributed by atoms with E-state index in [-0.39, 0.29) is 57.5 Å². The molecule has 10 amide bonds. The average molecular weight is 1140 g/mol. The number of likely N-dealkylation sites (N-methyl/N-ethyl adjacent to an activating group) is 3. The molecular formula is C56H88N10O15. The Bertz CT molecular complexity index is 2410. The second kappa shape index (κ2) is 31.7. The number of nitrogens with zero attached hydrogens (tertiary/aromatic N) is 5. The van der Waals surface area contributed by atoms with E-state index in [0.29, 0.717) is 25.7 Å². The fraction of sp³-hybridized carbons (Fsp3) is 0.679. The average Bonchev–Trinajstić information content (AvgIpc) is 4.13. The summed E-state index contributed by atoms with van der Waals surface area (Å²) >= 11 is 0. The van der Waals surface area contributed by atoms with Crippen molar-refractivity contribution < 1.29 is 72.9 Å². The van der Waals surface area contributed by atoms with E-state index in [1.807, 2.05) is 6.92 Å². The number of hydrogen-bond donors (Lipinski definition) is 8. The quantitative estimate of drug-likeness (QED) is 0.0494. The topological polar surface area (TPSA) is 356 Å². The van der Waals surface area contributed by atoms with Gasteiger partial charge < -0.3 is 66.8 Å². The predicted molar refractivity (Wildman–Crippen MR) is 296 cm³/mol. The highest BCUT2D eigenvalue weighted by atomic mass is 16.4. The molecule has 2 aliphatic rings. The van der Waals surface area contributed by atoms with Crippen molar-refractivity contribution in [2.75, 3.05) is 40.8 Å². The minimum absolute atomic E-state index is 0.0819. The van der Waals surface area contributed by atoms with Gasteiger partial charge in [0, 0.05) is 53.5 Å². The lowest BCUT2D eigenvalue weighted by Crippen LogP contribution is -2.61. The lowest BCUT2D eigenvalue weighted by molar-refractivity contribution is -0.152. The Hall–Kier alpha value is -7.18. The molecule has 11 atom stereocenters. The number of carbonyl (C=O) groups excluding carboxylic acids is 10. The predicted octanol–water partition coefficient (Wildman–Crippen LogP) is 0.243. The Morgan fingerprint density at radius 2 is 1.19 bits per heavy atom. The molecule has 2 heterocycles. The zero-order chi connectivity index (χ0) is 61.2. The van der Waals surface area contributed by atoms with Crippen LogP contribution in [-0.2, 0) is 64.0 Å². The van der Waals surface area contributed by atoms with E-state index in [2.05, 4.69) is 21.3 Å². The number of aliphatic hydroxyl groups is 1. The van der Waals surface area contributed by atoms with Gasteiger partial charge in [-0.3, -0.25) is 52.7 Å². The van der Waals surface area contributed by atoms with Crippen LogP contribution >= 0.6 is 0 Å². The van der Waals surface area contributed by atoms with Crippen LogP contribution in [0.3, 0.4) is 0 Å². The van der Waals surface area contributed by atoms with Crippen molar-refractivity contribution in [3.05, 3.63) is 35.9 Å². The number of carboxylic acid groups (broad SMARTS) is 2. The van der Waals surface area contributed by atoms with E-state index in [0.717, 1.165) is 20.3 Å². The van der Waals surface area contributed by atoms with Crippen molar-refractivity contribution in [2.24, 2.45) is 29.4 Å². The molecule has 1 aromatic rings. The maximum absolute atomic E-state index is 14.6.